The van der Waals surface area contributed by atoms with Crippen LogP contribution in [-0.2, 0) is 116 Å². The van der Waals surface area contributed by atoms with E-state index in [1.165, 1.54) is 54.2 Å². The van der Waals surface area contributed by atoms with E-state index in [0.29, 0.717) is 121 Å². The molecule has 15 rings (SSSR count). The van der Waals surface area contributed by atoms with Gasteiger partial charge in [-0.15, -0.1) is 0 Å². The minimum Gasteiger partial charge on any atom is -0.540 e. The number of methoxy groups -OCH3 is 3. The van der Waals surface area contributed by atoms with Crippen LogP contribution in [-0.4, -0.2) is 198 Å². The van der Waals surface area contributed by atoms with Gasteiger partial charge in [0.05, 0.1) is 74.2 Å². The minimum atomic E-state index is -3.25. The van der Waals surface area contributed by atoms with E-state index in [0.717, 1.165) is 25.7 Å². The zero-order valence-electron chi connectivity index (χ0n) is 79.4. The fourth-order valence-electron chi connectivity index (χ4n) is 20.1. The number of ether oxygens (including phenoxy) is 9. The molecule has 3 radical (unpaired) electrons. The van der Waals surface area contributed by atoms with Crippen molar-refractivity contribution in [3.05, 3.63) is 89.5 Å². The van der Waals surface area contributed by atoms with Gasteiger partial charge in [-0.05, 0) is 190 Å². The van der Waals surface area contributed by atoms with E-state index < -0.39 is 162 Å². The second-order valence-corrected chi connectivity index (χ2v) is 40.2. The molecule has 6 aromatic rings. The Kier molecular flexibility index (Phi) is 36.1. The fourth-order valence-corrected chi connectivity index (χ4v) is 20.1. The van der Waals surface area contributed by atoms with Crippen molar-refractivity contribution in [2.75, 3.05) is 41.0 Å². The summed E-state index contributed by atoms with van der Waals surface area (Å²) in [6, 6.07) is 13.3. The van der Waals surface area contributed by atoms with Crippen molar-refractivity contribution in [2.45, 2.75) is 309 Å². The maximum atomic E-state index is 16.1. The molecule has 0 unspecified atom stereocenters. The summed E-state index contributed by atoms with van der Waals surface area (Å²) in [6.07, 6.45) is 9.81. The Morgan fingerprint density at radius 2 is 0.689 bits per heavy atom. The third kappa shape index (κ3) is 24.9. The number of benzene rings is 3. The number of rotatable bonds is 8. The maximum Gasteiger partial charge on any atom is 0.408 e. The van der Waals surface area contributed by atoms with Crippen molar-refractivity contribution in [3.8, 4) is 34.9 Å². The van der Waals surface area contributed by atoms with Crippen LogP contribution in [0.1, 0.15) is 235 Å². The summed E-state index contributed by atoms with van der Waals surface area (Å²) in [6.45, 7) is 21.5. The molecule has 3 aromatic carbocycles. The molecule has 6 fully saturated rings. The Hall–Kier alpha value is -8.75. The Bertz CT molecular complexity index is 5200. The second-order valence-electron chi connectivity index (χ2n) is 40.2. The number of carbonyl (C=O) groups is 6. The minimum absolute atomic E-state index is 0. The molecule has 735 valence electrons. The van der Waals surface area contributed by atoms with Crippen LogP contribution >= 0.6 is 0 Å². The third-order valence-electron chi connectivity index (χ3n) is 28.0. The van der Waals surface area contributed by atoms with E-state index in [-0.39, 0.29) is 165 Å². The Morgan fingerprint density at radius 3 is 1.00 bits per heavy atom. The first-order valence-corrected chi connectivity index (χ1v) is 46.6. The van der Waals surface area contributed by atoms with Gasteiger partial charge in [-0.1, -0.05) is 133 Å². The van der Waals surface area contributed by atoms with Gasteiger partial charge in [-0.2, -0.15) is 0 Å². The SMILES string of the molecule is CC[C@@H]1[C@@H]2CN(C(=O)[C@H](C(C)(C)C)NC(=O)O[C@@H]3CCC[C@H]3CCCCC(F)(F)c3cc4ccc(OC)cc4nc3O2)[C@@H]1[C-]=O.CC[C@@H]1[C@@H]2CN(C(=O)[C@H](C(C)(C)C)NC(=O)O[C@@H]3C[C@H]3CCCCC(F)(F)c3cc4ccc(OC)cc4nc3O2)[C@@H]1[C-]=O.COc1ccc2cc3c(nc2c1)O[C@H]1CN(C(=O)[C@H](C(C)(C)C)NC(=O)O[C@@H]2CCC[C@H]2CCCCC3(F)F)[C@H]([C-]=O)[C@@H]1C.[V].[V].[V]. The third-order valence-corrected chi connectivity index (χ3v) is 28.0. The number of fused-ring (bicyclic) bond motifs is 15. The zero-order valence-corrected chi connectivity index (χ0v) is 83.6. The molecule has 6 amide bonds. The molecule has 3 aromatic heterocycles. The van der Waals surface area contributed by atoms with Gasteiger partial charge in [-0.3, -0.25) is 14.4 Å². The first-order valence-electron chi connectivity index (χ1n) is 46.6. The van der Waals surface area contributed by atoms with Crippen LogP contribution in [0.3, 0.4) is 0 Å². The monoisotopic (exact) mass is 2000 g/mol. The van der Waals surface area contributed by atoms with Crippen LogP contribution in [0.4, 0.5) is 40.7 Å². The van der Waals surface area contributed by atoms with Crippen LogP contribution in [0, 0.1) is 51.8 Å². The fraction of sp³-hybridized carbons (Fsp3) is 0.636. The summed E-state index contributed by atoms with van der Waals surface area (Å²) in [7, 11) is 4.53. The summed E-state index contributed by atoms with van der Waals surface area (Å²) < 4.78 is 148. The van der Waals surface area contributed by atoms with E-state index in [9.17, 15) is 43.2 Å². The number of amides is 6. The molecule has 27 nitrogen and oxygen atoms in total. The van der Waals surface area contributed by atoms with Crippen LogP contribution in [0.25, 0.3) is 32.7 Å². The number of nitrogens with zero attached hydrogens (tertiary/aromatic N) is 6. The number of halogens is 6. The van der Waals surface area contributed by atoms with Gasteiger partial charge in [-0.25, -0.2) is 74.5 Å². The predicted octanol–water partition coefficient (Wildman–Crippen LogP) is 17.8. The van der Waals surface area contributed by atoms with Crippen LogP contribution in [0.15, 0.2) is 72.8 Å². The standard InChI is InChI=1S/C34H44F2N3O6.C33H42F2N3O6.C32H40F2N3O6.3V/c1-6-23-26(19-40)39-18-28(23)44-30-24(16-21-13-14-22(43-5)17-25(21)37-30)34(35,36)15-8-7-10-20-11-9-12-27(20)45-32(42)38-29(31(39)41)33(2,3)4;1-19-25(18-39)38-17-27(19)43-29-23(15-21-12-13-22(42-5)16-24(21)36-29)33(34,35)14-7-6-9-20-10-8-11-26(20)44-31(41)37-28(30(38)40)32(2,3)4;1-6-21-24(17-38)37-16-26(21)42-28-22(13-18-10-11-20(41-5)15-23(18)35-28)32(33,34)12-8-7-9-19-14-25(19)43-30(40)36-27(29(37)39)31(2,3)4;;;/h13-14,16-17,20,23,26-29H,6-12,15,18H2,1-5H3,(H,38,42);12-13,15-16,19-20,25-28H,6-11,14,17H2,1-5H3,(H,37,41);10-11,13,15,19,21,24-27H,6-9,12,14,16H2,1-5H3,(H,36,40);;;/q3*-1;;;/t20-,23+,26-,27-,28+,29-;19-,20+,25+,26+,27-,28+;19-,21+,24-,25-,26+,27-;;;/m101.../s1. The number of aromatic nitrogens is 3. The van der Waals surface area contributed by atoms with E-state index in [1.807, 2.05) is 95.0 Å². The van der Waals surface area contributed by atoms with Crippen LogP contribution in [0.5, 0.6) is 34.9 Å². The summed E-state index contributed by atoms with van der Waals surface area (Å²) in [5.74, 6) is -11.8. The van der Waals surface area contributed by atoms with E-state index in [4.69, 9.17) is 42.6 Å². The van der Waals surface area contributed by atoms with Gasteiger partial charge in [0, 0.05) is 109 Å². The van der Waals surface area contributed by atoms with Crippen LogP contribution < -0.4 is 44.4 Å². The Morgan fingerprint density at radius 1 is 0.393 bits per heavy atom. The molecule has 6 bridgehead atoms. The molecular weight excluding hydrogens is 1870 g/mol. The summed E-state index contributed by atoms with van der Waals surface area (Å²) in [4.78, 5) is 136. The average molecular weight is 2000 g/mol. The summed E-state index contributed by atoms with van der Waals surface area (Å²) in [5, 5.41) is 9.86. The van der Waals surface area contributed by atoms with Crippen molar-refractivity contribution in [3.63, 3.8) is 0 Å². The predicted molar refractivity (Wildman–Crippen MR) is 478 cm³/mol. The first-order chi connectivity index (χ1) is 62.5. The number of hydrogen-bond donors (Lipinski definition) is 3. The molecule has 135 heavy (non-hydrogen) atoms. The molecule has 18 atom stereocenters. The maximum absolute atomic E-state index is 16.1. The van der Waals surface area contributed by atoms with Crippen molar-refractivity contribution in [2.24, 2.45) is 51.8 Å². The molecule has 36 heteroatoms. The molecule has 3 N–H and O–H groups in total. The van der Waals surface area contributed by atoms with Gasteiger partial charge in [0.25, 0.3) is 17.8 Å². The largest absolute Gasteiger partial charge is 0.540 e. The van der Waals surface area contributed by atoms with E-state index >= 15 is 26.3 Å². The van der Waals surface area contributed by atoms with Crippen molar-refractivity contribution in [1.29, 1.82) is 0 Å². The number of nitrogens with one attached hydrogen (secondary N) is 3. The van der Waals surface area contributed by atoms with Crippen molar-refractivity contribution < 1.29 is 168 Å². The number of alkyl carbamates (subject to hydrolysis) is 3. The van der Waals surface area contributed by atoms with Crippen molar-refractivity contribution >= 4 is 87.6 Å². The quantitative estimate of drug-likeness (QED) is 0.0724. The van der Waals surface area contributed by atoms with Gasteiger partial charge < -0.3 is 87.7 Å². The van der Waals surface area contributed by atoms with Gasteiger partial charge >= 0.3 is 18.3 Å². The molecule has 9 heterocycles. The summed E-state index contributed by atoms with van der Waals surface area (Å²) >= 11 is 0. The van der Waals surface area contributed by atoms with Gasteiger partial charge in [0.1, 0.15) is 72.0 Å². The zero-order chi connectivity index (χ0) is 95.4. The molecule has 0 spiro atoms. The number of carbonyl (C=O) groups excluding carboxylic acids is 9. The second kappa shape index (κ2) is 45.0. The van der Waals surface area contributed by atoms with E-state index in [2.05, 4.69) is 30.9 Å². The molecule has 3 saturated carbocycles. The molecule has 6 aliphatic heterocycles. The normalized spacial score (nSPS) is 29.0. The number of alkyl halides is 6. The van der Waals surface area contributed by atoms with E-state index in [1.54, 1.807) is 61.5 Å². The smallest absolute Gasteiger partial charge is 0.408 e. The average Bonchev–Trinajstić information content (AvgIpc) is 1.31. The van der Waals surface area contributed by atoms with Gasteiger partial charge in [0.2, 0.25) is 35.4 Å². The summed E-state index contributed by atoms with van der Waals surface area (Å²) in [5.41, 5.74) is -1.90. The Labute approximate surface area is 821 Å². The number of pyridine rings is 3. The molecule has 3 aliphatic carbocycles. The van der Waals surface area contributed by atoms with Gasteiger partial charge in [0.15, 0.2) is 0 Å². The topological polar surface area (TPSA) is 321 Å². The molecule has 3 saturated heterocycles. The van der Waals surface area contributed by atoms with Crippen molar-refractivity contribution in [1.82, 2.24) is 45.6 Å². The van der Waals surface area contributed by atoms with Crippen LogP contribution in [0.2, 0.25) is 0 Å². The number of hydrogen-bond acceptors (Lipinski definition) is 21. The Balaban J connectivity index is 0.000000207. The first kappa shape index (κ1) is 108. The molecular formula is C99H126F6N9O18V3-3. The molecule has 9 aliphatic rings.